The van der Waals surface area contributed by atoms with Crippen LogP contribution in [0, 0.1) is 0 Å². The van der Waals surface area contributed by atoms with E-state index in [1.54, 1.807) is 0 Å². The Morgan fingerprint density at radius 2 is 1.90 bits per heavy atom. The summed E-state index contributed by atoms with van der Waals surface area (Å²) in [5, 5.41) is 3.22. The molecule has 0 saturated heterocycles. The molecule has 1 aliphatic rings. The number of nitrogens with one attached hydrogen (secondary N) is 1. The Morgan fingerprint density at radius 1 is 1.29 bits per heavy atom. The molecule has 0 aromatic heterocycles. The van der Waals surface area contributed by atoms with E-state index in [0.717, 1.165) is 37.8 Å². The van der Waals surface area contributed by atoms with Crippen LogP contribution in [-0.2, 0) is 4.79 Å². The van der Waals surface area contributed by atoms with Crippen molar-refractivity contribution in [2.24, 2.45) is 5.73 Å². The first-order valence-corrected chi connectivity index (χ1v) is 7.93. The van der Waals surface area contributed by atoms with Crippen molar-refractivity contribution in [1.29, 1.82) is 0 Å². The molecule has 4 heteroatoms. The van der Waals surface area contributed by atoms with Gasteiger partial charge in [-0.25, -0.2) is 0 Å². The maximum absolute atomic E-state index is 12.7. The smallest absolute Gasteiger partial charge is 0.242 e. The number of hydrogen-bond acceptors (Lipinski definition) is 3. The monoisotopic (exact) mass is 289 g/mol. The van der Waals surface area contributed by atoms with Gasteiger partial charge in [-0.1, -0.05) is 37.3 Å². The zero-order chi connectivity index (χ0) is 15.2. The van der Waals surface area contributed by atoms with Crippen molar-refractivity contribution in [3.63, 3.8) is 0 Å². The number of carbonyl (C=O) groups excluding carboxylic acids is 1. The third-order valence-corrected chi connectivity index (χ3v) is 4.42. The van der Waals surface area contributed by atoms with Gasteiger partial charge in [0.2, 0.25) is 5.91 Å². The first-order valence-electron chi connectivity index (χ1n) is 7.93. The number of amides is 1. The average Bonchev–Trinajstić information content (AvgIpc) is 2.50. The third-order valence-electron chi connectivity index (χ3n) is 4.42. The summed E-state index contributed by atoms with van der Waals surface area (Å²) in [5.41, 5.74) is 6.98. The van der Waals surface area contributed by atoms with Crippen molar-refractivity contribution in [2.75, 3.05) is 13.6 Å². The number of nitrogens with two attached hydrogens (primary N) is 1. The van der Waals surface area contributed by atoms with E-state index in [9.17, 15) is 4.79 Å². The summed E-state index contributed by atoms with van der Waals surface area (Å²) in [5.74, 6) is 0.103. The van der Waals surface area contributed by atoms with Crippen molar-refractivity contribution in [1.82, 2.24) is 10.2 Å². The molecular formula is C17H27N3O. The molecule has 1 unspecified atom stereocenters. The summed E-state index contributed by atoms with van der Waals surface area (Å²) in [6.45, 7) is 2.91. The second kappa shape index (κ2) is 7.57. The molecule has 0 radical (unpaired) electrons. The maximum atomic E-state index is 12.7. The van der Waals surface area contributed by atoms with Crippen molar-refractivity contribution >= 4 is 5.91 Å². The number of nitrogens with zero attached hydrogens (tertiary/aromatic N) is 1. The lowest BCUT2D eigenvalue weighted by molar-refractivity contribution is -0.127. The highest BCUT2D eigenvalue weighted by Crippen LogP contribution is 2.22. The summed E-state index contributed by atoms with van der Waals surface area (Å²) >= 11 is 0. The van der Waals surface area contributed by atoms with E-state index in [1.165, 1.54) is 0 Å². The van der Waals surface area contributed by atoms with E-state index in [0.29, 0.717) is 6.04 Å². The summed E-state index contributed by atoms with van der Waals surface area (Å²) < 4.78 is 0. The van der Waals surface area contributed by atoms with Crippen LogP contribution in [0.2, 0.25) is 0 Å². The number of hydrogen-bond donors (Lipinski definition) is 2. The first-order chi connectivity index (χ1) is 10.1. The van der Waals surface area contributed by atoms with Gasteiger partial charge in [-0.05, 0) is 44.8 Å². The lowest BCUT2D eigenvalue weighted by Gasteiger charge is -2.31. The second-order valence-corrected chi connectivity index (χ2v) is 6.01. The Labute approximate surface area is 127 Å². The molecule has 0 spiro atoms. The van der Waals surface area contributed by atoms with E-state index >= 15 is 0 Å². The molecule has 1 aromatic rings. The van der Waals surface area contributed by atoms with Gasteiger partial charge in [-0.3, -0.25) is 9.69 Å². The summed E-state index contributed by atoms with van der Waals surface area (Å²) in [4.78, 5) is 14.8. The molecule has 1 atom stereocenters. The fourth-order valence-corrected chi connectivity index (χ4v) is 2.97. The van der Waals surface area contributed by atoms with E-state index in [4.69, 9.17) is 5.73 Å². The molecular weight excluding hydrogens is 262 g/mol. The predicted octanol–water partition coefficient (Wildman–Crippen LogP) is 2.07. The molecule has 1 aliphatic carbocycles. The normalized spacial score (nSPS) is 23.8. The molecule has 0 heterocycles. The Balaban J connectivity index is 2.05. The zero-order valence-corrected chi connectivity index (χ0v) is 13.1. The highest BCUT2D eigenvalue weighted by molar-refractivity contribution is 5.83. The van der Waals surface area contributed by atoms with E-state index in [-0.39, 0.29) is 18.0 Å². The Kier molecular flexibility index (Phi) is 5.76. The van der Waals surface area contributed by atoms with Crippen molar-refractivity contribution in [3.05, 3.63) is 35.9 Å². The van der Waals surface area contributed by atoms with Gasteiger partial charge < -0.3 is 11.1 Å². The Hall–Kier alpha value is -1.39. The van der Waals surface area contributed by atoms with Crippen molar-refractivity contribution in [2.45, 2.75) is 50.7 Å². The van der Waals surface area contributed by atoms with Gasteiger partial charge in [-0.2, -0.15) is 0 Å². The first kappa shape index (κ1) is 16.0. The van der Waals surface area contributed by atoms with Gasteiger partial charge in [0.15, 0.2) is 0 Å². The van der Waals surface area contributed by atoms with Crippen LogP contribution in [0.5, 0.6) is 0 Å². The summed E-state index contributed by atoms with van der Waals surface area (Å²) in [6.07, 6.45) is 3.99. The third kappa shape index (κ3) is 4.29. The largest absolute Gasteiger partial charge is 0.352 e. The van der Waals surface area contributed by atoms with E-state index < -0.39 is 0 Å². The van der Waals surface area contributed by atoms with Crippen LogP contribution >= 0.6 is 0 Å². The van der Waals surface area contributed by atoms with Gasteiger partial charge in [0.25, 0.3) is 0 Å². The maximum Gasteiger partial charge on any atom is 0.242 e. The van der Waals surface area contributed by atoms with Gasteiger partial charge >= 0.3 is 0 Å². The fourth-order valence-electron chi connectivity index (χ4n) is 2.97. The molecule has 1 aromatic carbocycles. The molecule has 3 N–H and O–H groups in total. The second-order valence-electron chi connectivity index (χ2n) is 6.01. The van der Waals surface area contributed by atoms with E-state index in [2.05, 4.69) is 17.1 Å². The van der Waals surface area contributed by atoms with Crippen LogP contribution in [0.25, 0.3) is 0 Å². The highest BCUT2D eigenvalue weighted by atomic mass is 16.2. The molecule has 1 saturated carbocycles. The molecule has 21 heavy (non-hydrogen) atoms. The Bertz CT molecular complexity index is 441. The van der Waals surface area contributed by atoms with Crippen LogP contribution < -0.4 is 11.1 Å². The lowest BCUT2D eigenvalue weighted by atomic mass is 9.91. The van der Waals surface area contributed by atoms with Crippen LogP contribution in [0.1, 0.15) is 44.2 Å². The van der Waals surface area contributed by atoms with Crippen LogP contribution in [0.15, 0.2) is 30.3 Å². The van der Waals surface area contributed by atoms with Crippen LogP contribution in [-0.4, -0.2) is 36.5 Å². The minimum Gasteiger partial charge on any atom is -0.352 e. The number of carbonyl (C=O) groups is 1. The Morgan fingerprint density at radius 3 is 2.48 bits per heavy atom. The molecule has 0 bridgehead atoms. The number of benzene rings is 1. The van der Waals surface area contributed by atoms with Gasteiger partial charge in [0.1, 0.15) is 6.04 Å². The summed E-state index contributed by atoms with van der Waals surface area (Å²) in [7, 11) is 1.99. The quantitative estimate of drug-likeness (QED) is 0.872. The van der Waals surface area contributed by atoms with Gasteiger partial charge in [0.05, 0.1) is 0 Å². The topological polar surface area (TPSA) is 58.4 Å². The number of rotatable bonds is 5. The zero-order valence-electron chi connectivity index (χ0n) is 13.1. The van der Waals surface area contributed by atoms with Crippen molar-refractivity contribution < 1.29 is 4.79 Å². The fraction of sp³-hybridized carbons (Fsp3) is 0.588. The minimum absolute atomic E-state index is 0.103. The lowest BCUT2D eigenvalue weighted by Crippen LogP contribution is -2.45. The molecule has 1 amide bonds. The van der Waals surface area contributed by atoms with E-state index in [1.807, 2.05) is 37.4 Å². The average molecular weight is 289 g/mol. The van der Waals surface area contributed by atoms with Crippen LogP contribution in [0.4, 0.5) is 0 Å². The molecule has 116 valence electrons. The standard InChI is InChI=1S/C17H27N3O/c1-3-20(2)16(13-7-5-4-6-8-13)17(21)19-15-11-9-14(18)10-12-15/h4-8,14-16H,3,9-12,18H2,1-2H3,(H,19,21). The van der Waals surface area contributed by atoms with Gasteiger partial charge in [0, 0.05) is 12.1 Å². The molecule has 2 rings (SSSR count). The number of likely N-dealkylation sites (N-methyl/N-ethyl adjacent to an activating group) is 1. The summed E-state index contributed by atoms with van der Waals surface area (Å²) in [6, 6.07) is 10.4. The van der Waals surface area contributed by atoms with Gasteiger partial charge in [-0.15, -0.1) is 0 Å². The molecule has 0 aliphatic heterocycles. The van der Waals surface area contributed by atoms with Crippen molar-refractivity contribution in [3.8, 4) is 0 Å². The molecule has 4 nitrogen and oxygen atoms in total. The predicted molar refractivity (Wildman–Crippen MR) is 85.9 cm³/mol. The SMILES string of the molecule is CCN(C)C(C(=O)NC1CCC(N)CC1)c1ccccc1. The highest BCUT2D eigenvalue weighted by Gasteiger charge is 2.27. The van der Waals surface area contributed by atoms with Crippen LogP contribution in [0.3, 0.4) is 0 Å². The molecule has 1 fully saturated rings. The minimum atomic E-state index is -0.216.